The third-order valence-electron chi connectivity index (χ3n) is 2.81. The summed E-state index contributed by atoms with van der Waals surface area (Å²) in [5, 5.41) is 0. The molecule has 0 rings (SSSR count). The van der Waals surface area contributed by atoms with Crippen LogP contribution in [0.3, 0.4) is 0 Å². The van der Waals surface area contributed by atoms with Gasteiger partial charge in [-0.05, 0) is 32.1 Å². The fraction of sp³-hybridized carbons (Fsp3) is 0.917. The highest BCUT2D eigenvalue weighted by Crippen LogP contribution is 2.28. The third-order valence-corrected chi connectivity index (χ3v) is 2.81. The van der Waals surface area contributed by atoms with E-state index in [2.05, 4.69) is 4.74 Å². The molecule has 0 heterocycles. The first-order valence-electron chi connectivity index (χ1n) is 5.91. The van der Waals surface area contributed by atoms with Crippen LogP contribution < -0.4 is 0 Å². The fourth-order valence-corrected chi connectivity index (χ4v) is 1.47. The number of hydrogen-bond donors (Lipinski definition) is 0. The molecule has 5 heteroatoms. The molecule has 0 aliphatic carbocycles. The van der Waals surface area contributed by atoms with Crippen LogP contribution in [0.5, 0.6) is 0 Å². The van der Waals surface area contributed by atoms with E-state index >= 15 is 0 Å². The van der Waals surface area contributed by atoms with Crippen molar-refractivity contribution in [3.63, 3.8) is 0 Å². The smallest absolute Gasteiger partial charge is 0.453 e. The van der Waals surface area contributed by atoms with E-state index < -0.39 is 17.7 Å². The zero-order valence-corrected chi connectivity index (χ0v) is 10.9. The number of rotatable bonds is 6. The van der Waals surface area contributed by atoms with Gasteiger partial charge in [-0.15, -0.1) is 0 Å². The number of alkyl halides is 3. The second-order valence-electron chi connectivity index (χ2n) is 4.98. The number of halogens is 3. The molecule has 1 atom stereocenters. The number of carbonyl (C=O) groups excluding carboxylic acids is 1. The Labute approximate surface area is 101 Å². The van der Waals surface area contributed by atoms with Gasteiger partial charge in [-0.2, -0.15) is 13.2 Å². The van der Waals surface area contributed by atoms with Crippen LogP contribution in [0, 0.1) is 5.92 Å². The molecule has 0 aliphatic rings. The monoisotopic (exact) mass is 254 g/mol. The molecule has 0 aromatic heterocycles. The van der Waals surface area contributed by atoms with Crippen LogP contribution in [-0.4, -0.2) is 17.7 Å². The van der Waals surface area contributed by atoms with Crippen molar-refractivity contribution in [2.75, 3.05) is 0 Å². The van der Waals surface area contributed by atoms with E-state index in [4.69, 9.17) is 0 Å². The van der Waals surface area contributed by atoms with Crippen molar-refractivity contribution in [1.29, 1.82) is 0 Å². The van der Waals surface area contributed by atoms with Crippen molar-refractivity contribution in [2.24, 2.45) is 5.92 Å². The summed E-state index contributed by atoms with van der Waals surface area (Å²) >= 11 is 0. The first-order valence-corrected chi connectivity index (χ1v) is 5.91. The third kappa shape index (κ3) is 6.54. The van der Waals surface area contributed by atoms with E-state index in [1.54, 1.807) is 13.8 Å². The van der Waals surface area contributed by atoms with E-state index in [1.165, 1.54) is 0 Å². The van der Waals surface area contributed by atoms with Crippen molar-refractivity contribution >= 4 is 5.97 Å². The molecule has 0 radical (unpaired) electrons. The van der Waals surface area contributed by atoms with Crippen molar-refractivity contribution in [1.82, 2.24) is 0 Å². The molecule has 102 valence electrons. The molecule has 0 amide bonds. The van der Waals surface area contributed by atoms with Crippen molar-refractivity contribution in [3.05, 3.63) is 0 Å². The highest BCUT2D eigenvalue weighted by molar-refractivity contribution is 5.76. The Morgan fingerprint density at radius 3 is 2.18 bits per heavy atom. The molecule has 0 saturated heterocycles. The Hall–Kier alpha value is -0.740. The average molecular weight is 254 g/mol. The summed E-state index contributed by atoms with van der Waals surface area (Å²) in [6.45, 7) is 7.37. The minimum absolute atomic E-state index is 0.382. The van der Waals surface area contributed by atoms with Gasteiger partial charge in [0.2, 0.25) is 0 Å². The molecule has 0 aromatic rings. The van der Waals surface area contributed by atoms with Crippen LogP contribution in [0.4, 0.5) is 13.2 Å². The molecule has 1 unspecified atom stereocenters. The highest BCUT2D eigenvalue weighted by Gasteiger charge is 2.44. The zero-order valence-electron chi connectivity index (χ0n) is 10.9. The van der Waals surface area contributed by atoms with Gasteiger partial charge in [0.25, 0.3) is 0 Å². The number of carbonyl (C=O) groups is 1. The van der Waals surface area contributed by atoms with E-state index in [9.17, 15) is 18.0 Å². The molecule has 0 aromatic carbocycles. The second-order valence-corrected chi connectivity index (χ2v) is 4.98. The maximum Gasteiger partial charge on any atom is 0.490 e. The van der Waals surface area contributed by atoms with Crippen LogP contribution in [0.1, 0.15) is 53.4 Å². The zero-order chi connectivity index (χ0) is 13.7. The largest absolute Gasteiger partial charge is 0.490 e. The normalized spacial score (nSPS) is 15.8. The topological polar surface area (TPSA) is 26.3 Å². The van der Waals surface area contributed by atoms with Gasteiger partial charge in [-0.3, -0.25) is 0 Å². The maximum absolute atomic E-state index is 12.1. The van der Waals surface area contributed by atoms with Gasteiger partial charge in [0, 0.05) is 0 Å². The Kier molecular flexibility index (Phi) is 5.99. The van der Waals surface area contributed by atoms with Crippen LogP contribution in [0.15, 0.2) is 0 Å². The van der Waals surface area contributed by atoms with Crippen molar-refractivity contribution in [2.45, 2.75) is 65.2 Å². The molecular weight excluding hydrogens is 233 g/mol. The molecule has 0 bridgehead atoms. The van der Waals surface area contributed by atoms with E-state index in [0.717, 1.165) is 12.8 Å². The summed E-state index contributed by atoms with van der Waals surface area (Å²) < 4.78 is 40.8. The molecule has 0 aliphatic heterocycles. The summed E-state index contributed by atoms with van der Waals surface area (Å²) in [6.07, 6.45) is -2.39. The molecule has 2 nitrogen and oxygen atoms in total. The average Bonchev–Trinajstić information content (AvgIpc) is 2.15. The summed E-state index contributed by atoms with van der Waals surface area (Å²) in [6, 6.07) is 0. The van der Waals surface area contributed by atoms with Gasteiger partial charge >= 0.3 is 12.1 Å². The first-order chi connectivity index (χ1) is 7.60. The van der Waals surface area contributed by atoms with Gasteiger partial charge in [-0.1, -0.05) is 27.2 Å². The van der Waals surface area contributed by atoms with E-state index in [-0.39, 0.29) is 0 Å². The molecule has 0 N–H and O–H groups in total. The van der Waals surface area contributed by atoms with Gasteiger partial charge < -0.3 is 4.74 Å². The van der Waals surface area contributed by atoms with Crippen molar-refractivity contribution < 1.29 is 22.7 Å². The van der Waals surface area contributed by atoms with Crippen LogP contribution >= 0.6 is 0 Å². The lowest BCUT2D eigenvalue weighted by Gasteiger charge is -2.29. The van der Waals surface area contributed by atoms with Crippen LogP contribution in [0.25, 0.3) is 0 Å². The van der Waals surface area contributed by atoms with Gasteiger partial charge in [0.15, 0.2) is 0 Å². The lowest BCUT2D eigenvalue weighted by atomic mass is 9.93. The number of ether oxygens (including phenoxy) is 1. The maximum atomic E-state index is 12.1. The van der Waals surface area contributed by atoms with E-state index in [0.29, 0.717) is 18.8 Å². The minimum atomic E-state index is -4.91. The van der Waals surface area contributed by atoms with Crippen LogP contribution in [0.2, 0.25) is 0 Å². The van der Waals surface area contributed by atoms with Gasteiger partial charge in [-0.25, -0.2) is 4.79 Å². The highest BCUT2D eigenvalue weighted by atomic mass is 19.4. The molecule has 0 saturated carbocycles. The predicted molar refractivity (Wildman–Crippen MR) is 59.5 cm³/mol. The Morgan fingerprint density at radius 2 is 1.82 bits per heavy atom. The van der Waals surface area contributed by atoms with E-state index in [1.807, 2.05) is 13.8 Å². The lowest BCUT2D eigenvalue weighted by Crippen LogP contribution is -2.37. The van der Waals surface area contributed by atoms with Gasteiger partial charge in [0.1, 0.15) is 5.60 Å². The Morgan fingerprint density at radius 1 is 1.29 bits per heavy atom. The summed E-state index contributed by atoms with van der Waals surface area (Å²) in [5.41, 5.74) is -1.01. The second kappa shape index (κ2) is 6.26. The molecule has 17 heavy (non-hydrogen) atoms. The Bertz CT molecular complexity index is 249. The molecule has 0 spiro atoms. The van der Waals surface area contributed by atoms with Crippen LogP contribution in [-0.2, 0) is 9.53 Å². The fourth-order valence-electron chi connectivity index (χ4n) is 1.47. The number of esters is 1. The molecular formula is C12H21F3O2. The molecule has 0 fully saturated rings. The first kappa shape index (κ1) is 16.3. The lowest BCUT2D eigenvalue weighted by molar-refractivity contribution is -0.213. The van der Waals surface area contributed by atoms with Gasteiger partial charge in [0.05, 0.1) is 0 Å². The summed E-state index contributed by atoms with van der Waals surface area (Å²) in [4.78, 5) is 10.8. The summed E-state index contributed by atoms with van der Waals surface area (Å²) in [5.74, 6) is -1.60. The van der Waals surface area contributed by atoms with Crippen molar-refractivity contribution in [3.8, 4) is 0 Å². The quantitative estimate of drug-likeness (QED) is 0.667. The minimum Gasteiger partial charge on any atom is -0.453 e. The Balaban J connectivity index is 4.32. The standard InChI is InChI=1S/C12H21F3O2/c1-5-11(4,8-6-7-9(2)3)17-10(16)12(13,14)15/h9H,5-8H2,1-4H3. The predicted octanol–water partition coefficient (Wildman–Crippen LogP) is 4.09. The summed E-state index contributed by atoms with van der Waals surface area (Å²) in [7, 11) is 0. The SMILES string of the molecule is CCC(C)(CCCC(C)C)OC(=O)C(F)(F)F. The number of hydrogen-bond acceptors (Lipinski definition) is 2.